The third-order valence-electron chi connectivity index (χ3n) is 2.13. The molecule has 1 heterocycles. The maximum Gasteiger partial charge on any atom is 0.303 e. The molecule has 0 aromatic carbocycles. The van der Waals surface area contributed by atoms with E-state index < -0.39 is 5.97 Å². The lowest BCUT2D eigenvalue weighted by molar-refractivity contribution is -0.137. The number of nitrogen functional groups attached to an aromatic ring is 2. The fraction of sp³-hybridized carbons (Fsp3) is 0.444. The lowest BCUT2D eigenvalue weighted by atomic mass is 10.1. The summed E-state index contributed by atoms with van der Waals surface area (Å²) in [7, 11) is 0. The van der Waals surface area contributed by atoms with Gasteiger partial charge in [-0.3, -0.25) is 14.6 Å². The molecule has 7 heteroatoms. The number of carboxylic acid groups (broad SMARTS) is 1. The molecule has 16 heavy (non-hydrogen) atoms. The second-order valence-electron chi connectivity index (χ2n) is 3.42. The van der Waals surface area contributed by atoms with Gasteiger partial charge in [0, 0.05) is 6.42 Å². The van der Waals surface area contributed by atoms with Crippen LogP contribution in [-0.4, -0.2) is 21.0 Å². The minimum absolute atomic E-state index is 0.0169. The Hall–Kier alpha value is -2.05. The molecule has 0 radical (unpaired) electrons. The molecule has 0 amide bonds. The lowest BCUT2D eigenvalue weighted by Crippen LogP contribution is -2.19. The predicted octanol–water partition coefficient (Wildman–Crippen LogP) is -0.268. The number of aliphatic carboxylic acids is 1. The summed E-state index contributed by atoms with van der Waals surface area (Å²) in [5.41, 5.74) is 10.8. The van der Waals surface area contributed by atoms with Crippen molar-refractivity contribution in [2.75, 3.05) is 11.5 Å². The first kappa shape index (κ1) is 12.0. The van der Waals surface area contributed by atoms with Crippen LogP contribution in [0.1, 0.15) is 24.8 Å². The fourth-order valence-corrected chi connectivity index (χ4v) is 1.35. The Morgan fingerprint density at radius 3 is 2.62 bits per heavy atom. The van der Waals surface area contributed by atoms with Crippen molar-refractivity contribution in [3.8, 4) is 0 Å². The summed E-state index contributed by atoms with van der Waals surface area (Å²) < 4.78 is 0. The SMILES string of the molecule is Nc1nc(N)c(CCCCC(=O)O)c(=O)[nH]1. The maximum atomic E-state index is 11.4. The second kappa shape index (κ2) is 5.15. The number of hydrogen-bond acceptors (Lipinski definition) is 5. The molecule has 0 aliphatic rings. The molecule has 0 spiro atoms. The first-order valence-electron chi connectivity index (χ1n) is 4.86. The Morgan fingerprint density at radius 2 is 2.06 bits per heavy atom. The number of H-pyrrole nitrogens is 1. The van der Waals surface area contributed by atoms with Gasteiger partial charge in [0.15, 0.2) is 0 Å². The summed E-state index contributed by atoms with van der Waals surface area (Å²) in [6, 6.07) is 0. The predicted molar refractivity (Wildman–Crippen MR) is 58.9 cm³/mol. The fourth-order valence-electron chi connectivity index (χ4n) is 1.35. The number of carboxylic acids is 1. The minimum Gasteiger partial charge on any atom is -0.481 e. The van der Waals surface area contributed by atoms with Gasteiger partial charge >= 0.3 is 5.97 Å². The minimum atomic E-state index is -0.850. The van der Waals surface area contributed by atoms with E-state index in [1.807, 2.05) is 0 Å². The Balaban J connectivity index is 2.61. The summed E-state index contributed by atoms with van der Waals surface area (Å²) in [6.07, 6.45) is 1.56. The van der Waals surface area contributed by atoms with Crippen LogP contribution >= 0.6 is 0 Å². The Labute approximate surface area is 91.5 Å². The van der Waals surface area contributed by atoms with Crippen molar-refractivity contribution in [1.82, 2.24) is 9.97 Å². The summed E-state index contributed by atoms with van der Waals surface area (Å²) in [6.45, 7) is 0. The molecular formula is C9H14N4O3. The number of nitrogens with one attached hydrogen (secondary N) is 1. The van der Waals surface area contributed by atoms with Crippen molar-refractivity contribution < 1.29 is 9.90 Å². The number of aromatic nitrogens is 2. The van der Waals surface area contributed by atoms with E-state index in [0.717, 1.165) is 0 Å². The monoisotopic (exact) mass is 226 g/mol. The third-order valence-corrected chi connectivity index (χ3v) is 2.13. The van der Waals surface area contributed by atoms with Crippen LogP contribution in [0.25, 0.3) is 0 Å². The zero-order chi connectivity index (χ0) is 12.1. The first-order valence-corrected chi connectivity index (χ1v) is 4.86. The highest BCUT2D eigenvalue weighted by molar-refractivity contribution is 5.66. The standard InChI is InChI=1S/C9H14N4O3/c10-7-5(3-1-2-4-6(14)15)8(16)13-9(11)12-7/h1-4H2,(H,14,15)(H5,10,11,12,13,16). The quantitative estimate of drug-likeness (QED) is 0.510. The van der Waals surface area contributed by atoms with Gasteiger partial charge in [0.2, 0.25) is 5.95 Å². The van der Waals surface area contributed by atoms with E-state index in [4.69, 9.17) is 16.6 Å². The average molecular weight is 226 g/mol. The molecule has 1 aromatic heterocycles. The van der Waals surface area contributed by atoms with Crippen molar-refractivity contribution in [1.29, 1.82) is 0 Å². The zero-order valence-corrected chi connectivity index (χ0v) is 8.69. The van der Waals surface area contributed by atoms with E-state index >= 15 is 0 Å². The normalized spacial score (nSPS) is 10.2. The van der Waals surface area contributed by atoms with Crippen LogP contribution in [0, 0.1) is 0 Å². The Bertz CT molecular complexity index is 441. The molecule has 1 rings (SSSR count). The van der Waals surface area contributed by atoms with Gasteiger partial charge in [-0.05, 0) is 19.3 Å². The summed E-state index contributed by atoms with van der Waals surface area (Å²) in [5.74, 6) is -0.759. The molecule has 0 unspecified atom stereocenters. The largest absolute Gasteiger partial charge is 0.481 e. The molecule has 0 atom stereocenters. The summed E-state index contributed by atoms with van der Waals surface area (Å²) in [4.78, 5) is 27.8. The number of rotatable bonds is 5. The maximum absolute atomic E-state index is 11.4. The van der Waals surface area contributed by atoms with Crippen molar-refractivity contribution in [2.24, 2.45) is 0 Å². The topological polar surface area (TPSA) is 135 Å². The number of carbonyl (C=O) groups is 1. The molecule has 0 saturated carbocycles. The van der Waals surface area contributed by atoms with Crippen LogP contribution in [-0.2, 0) is 11.2 Å². The Kier molecular flexibility index (Phi) is 3.87. The van der Waals surface area contributed by atoms with E-state index in [1.54, 1.807) is 0 Å². The Morgan fingerprint density at radius 1 is 1.38 bits per heavy atom. The van der Waals surface area contributed by atoms with E-state index in [0.29, 0.717) is 24.8 Å². The van der Waals surface area contributed by atoms with Gasteiger partial charge in [-0.25, -0.2) is 0 Å². The molecule has 0 bridgehead atoms. The highest BCUT2D eigenvalue weighted by Gasteiger charge is 2.07. The highest BCUT2D eigenvalue weighted by Crippen LogP contribution is 2.08. The van der Waals surface area contributed by atoms with Crippen molar-refractivity contribution in [2.45, 2.75) is 25.7 Å². The van der Waals surface area contributed by atoms with Gasteiger partial charge in [0.25, 0.3) is 5.56 Å². The van der Waals surface area contributed by atoms with Crippen molar-refractivity contribution in [3.63, 3.8) is 0 Å². The molecule has 0 aliphatic heterocycles. The molecule has 0 saturated heterocycles. The van der Waals surface area contributed by atoms with Gasteiger partial charge in [-0.2, -0.15) is 4.98 Å². The smallest absolute Gasteiger partial charge is 0.303 e. The molecule has 6 N–H and O–H groups in total. The van der Waals surface area contributed by atoms with Gasteiger partial charge in [-0.1, -0.05) is 0 Å². The van der Waals surface area contributed by atoms with Crippen LogP contribution in [0.5, 0.6) is 0 Å². The molecule has 7 nitrogen and oxygen atoms in total. The first-order chi connectivity index (χ1) is 7.50. The second-order valence-corrected chi connectivity index (χ2v) is 3.42. The highest BCUT2D eigenvalue weighted by atomic mass is 16.4. The van der Waals surface area contributed by atoms with Gasteiger partial charge in [-0.15, -0.1) is 0 Å². The van der Waals surface area contributed by atoms with Gasteiger partial charge < -0.3 is 16.6 Å². The van der Waals surface area contributed by atoms with Gasteiger partial charge in [0.1, 0.15) is 5.82 Å². The van der Waals surface area contributed by atoms with E-state index in [-0.39, 0.29) is 23.7 Å². The average Bonchev–Trinajstić information content (AvgIpc) is 2.14. The van der Waals surface area contributed by atoms with Crippen LogP contribution in [0.15, 0.2) is 4.79 Å². The van der Waals surface area contributed by atoms with E-state index in [1.165, 1.54) is 0 Å². The molecule has 88 valence electrons. The van der Waals surface area contributed by atoms with Crippen molar-refractivity contribution >= 4 is 17.7 Å². The van der Waals surface area contributed by atoms with E-state index in [2.05, 4.69) is 9.97 Å². The number of nitrogens with two attached hydrogens (primary N) is 2. The van der Waals surface area contributed by atoms with E-state index in [9.17, 15) is 9.59 Å². The molecule has 0 fully saturated rings. The number of anilines is 2. The zero-order valence-electron chi connectivity index (χ0n) is 8.69. The molecule has 1 aromatic rings. The summed E-state index contributed by atoms with van der Waals surface area (Å²) in [5, 5.41) is 8.43. The van der Waals surface area contributed by atoms with Crippen LogP contribution in [0.4, 0.5) is 11.8 Å². The molecule has 0 aliphatic carbocycles. The number of aromatic amines is 1. The number of nitrogens with zero attached hydrogens (tertiary/aromatic N) is 1. The summed E-state index contributed by atoms with van der Waals surface area (Å²) >= 11 is 0. The molecular weight excluding hydrogens is 212 g/mol. The van der Waals surface area contributed by atoms with Crippen LogP contribution in [0.3, 0.4) is 0 Å². The number of unbranched alkanes of at least 4 members (excludes halogenated alkanes) is 1. The number of hydrogen-bond donors (Lipinski definition) is 4. The third kappa shape index (κ3) is 3.26. The van der Waals surface area contributed by atoms with Crippen molar-refractivity contribution in [3.05, 3.63) is 15.9 Å². The van der Waals surface area contributed by atoms with Crippen LogP contribution in [0.2, 0.25) is 0 Å². The van der Waals surface area contributed by atoms with Crippen LogP contribution < -0.4 is 17.0 Å². The van der Waals surface area contributed by atoms with Gasteiger partial charge in [0.05, 0.1) is 5.56 Å². The lowest BCUT2D eigenvalue weighted by Gasteiger charge is -2.03.